The van der Waals surface area contributed by atoms with Crippen LogP contribution in [0.2, 0.25) is 0 Å². The first kappa shape index (κ1) is 15.9. The summed E-state index contributed by atoms with van der Waals surface area (Å²) in [5.41, 5.74) is 1.39. The molecule has 0 radical (unpaired) electrons. The van der Waals surface area contributed by atoms with Crippen molar-refractivity contribution in [2.75, 3.05) is 11.9 Å². The molecule has 2 rings (SSSR count). The highest BCUT2D eigenvalue weighted by Crippen LogP contribution is 2.04. The van der Waals surface area contributed by atoms with Gasteiger partial charge in [0.15, 0.2) is 0 Å². The van der Waals surface area contributed by atoms with Gasteiger partial charge in [-0.15, -0.1) is 0 Å². The highest BCUT2D eigenvalue weighted by Gasteiger charge is 2.07. The predicted octanol–water partition coefficient (Wildman–Crippen LogP) is 2.26. The second kappa shape index (κ2) is 8.07. The van der Waals surface area contributed by atoms with Crippen LogP contribution in [-0.2, 0) is 6.54 Å². The summed E-state index contributed by atoms with van der Waals surface area (Å²) in [6.45, 7) is 5.59. The quantitative estimate of drug-likeness (QED) is 0.819. The van der Waals surface area contributed by atoms with Gasteiger partial charge in [0, 0.05) is 37.9 Å². The third-order valence-electron chi connectivity index (χ3n) is 3.09. The number of aromatic nitrogens is 3. The van der Waals surface area contributed by atoms with E-state index >= 15 is 0 Å². The zero-order valence-electron chi connectivity index (χ0n) is 12.9. The van der Waals surface area contributed by atoms with Gasteiger partial charge in [0.25, 0.3) is 5.91 Å². The van der Waals surface area contributed by atoms with Crippen molar-refractivity contribution in [3.8, 4) is 0 Å². The van der Waals surface area contributed by atoms with Gasteiger partial charge in [-0.05, 0) is 24.0 Å². The molecular formula is C16H21N5O. The summed E-state index contributed by atoms with van der Waals surface area (Å²) in [7, 11) is 0. The lowest BCUT2D eigenvalue weighted by Gasteiger charge is -2.07. The average Bonchev–Trinajstić information content (AvgIpc) is 2.54. The topological polar surface area (TPSA) is 79.8 Å². The highest BCUT2D eigenvalue weighted by molar-refractivity contribution is 5.93. The minimum absolute atomic E-state index is 0.197. The van der Waals surface area contributed by atoms with Crippen molar-refractivity contribution in [2.24, 2.45) is 5.92 Å². The Labute approximate surface area is 130 Å². The Morgan fingerprint density at radius 2 is 2.00 bits per heavy atom. The molecule has 0 atom stereocenters. The van der Waals surface area contributed by atoms with Crippen LogP contribution in [0.25, 0.3) is 0 Å². The monoisotopic (exact) mass is 299 g/mol. The van der Waals surface area contributed by atoms with Crippen molar-refractivity contribution in [1.82, 2.24) is 20.3 Å². The fraction of sp³-hybridized carbons (Fsp3) is 0.375. The number of rotatable bonds is 7. The molecule has 2 N–H and O–H groups in total. The van der Waals surface area contributed by atoms with Crippen LogP contribution in [-0.4, -0.2) is 27.4 Å². The van der Waals surface area contributed by atoms with E-state index in [1.807, 2.05) is 12.1 Å². The number of pyridine rings is 1. The maximum Gasteiger partial charge on any atom is 0.254 e. The minimum Gasteiger partial charge on any atom is -0.354 e. The van der Waals surface area contributed by atoms with Gasteiger partial charge in [-0.25, -0.2) is 9.97 Å². The largest absolute Gasteiger partial charge is 0.354 e. The number of hydrogen-bond acceptors (Lipinski definition) is 5. The van der Waals surface area contributed by atoms with E-state index in [9.17, 15) is 4.79 Å². The number of nitrogens with one attached hydrogen (secondary N) is 2. The first-order chi connectivity index (χ1) is 10.6. The van der Waals surface area contributed by atoms with Crippen LogP contribution in [0.1, 0.15) is 36.2 Å². The summed E-state index contributed by atoms with van der Waals surface area (Å²) in [6, 6.07) is 3.74. The van der Waals surface area contributed by atoms with Crippen molar-refractivity contribution in [3.05, 3.63) is 48.0 Å². The van der Waals surface area contributed by atoms with Gasteiger partial charge in [0.05, 0.1) is 5.56 Å². The van der Waals surface area contributed by atoms with Crippen molar-refractivity contribution in [3.63, 3.8) is 0 Å². The molecule has 0 spiro atoms. The molecule has 0 saturated carbocycles. The molecule has 0 bridgehead atoms. The van der Waals surface area contributed by atoms with Gasteiger partial charge in [-0.2, -0.15) is 0 Å². The van der Waals surface area contributed by atoms with E-state index in [0.29, 0.717) is 24.0 Å². The molecule has 1 amide bonds. The van der Waals surface area contributed by atoms with Gasteiger partial charge in [0.1, 0.15) is 0 Å². The van der Waals surface area contributed by atoms with Gasteiger partial charge >= 0.3 is 0 Å². The van der Waals surface area contributed by atoms with E-state index in [2.05, 4.69) is 39.4 Å². The summed E-state index contributed by atoms with van der Waals surface area (Å²) in [5, 5.41) is 5.95. The lowest BCUT2D eigenvalue weighted by molar-refractivity contribution is 0.0950. The van der Waals surface area contributed by atoms with Crippen molar-refractivity contribution >= 4 is 11.9 Å². The number of nitrogens with zero attached hydrogens (tertiary/aromatic N) is 3. The maximum atomic E-state index is 12.0. The summed E-state index contributed by atoms with van der Waals surface area (Å²) in [5.74, 6) is 0.979. The first-order valence-corrected chi connectivity index (χ1v) is 7.38. The third kappa shape index (κ3) is 5.12. The summed E-state index contributed by atoms with van der Waals surface area (Å²) in [6.07, 6.45) is 7.53. The molecule has 0 saturated heterocycles. The second-order valence-electron chi connectivity index (χ2n) is 5.45. The van der Waals surface area contributed by atoms with Crippen molar-refractivity contribution in [1.29, 1.82) is 0 Å². The average molecular weight is 299 g/mol. The van der Waals surface area contributed by atoms with E-state index in [1.54, 1.807) is 12.4 Å². The number of carbonyl (C=O) groups excluding carboxylic acids is 1. The van der Waals surface area contributed by atoms with E-state index in [-0.39, 0.29) is 5.91 Å². The lowest BCUT2D eigenvalue weighted by Crippen LogP contribution is -2.23. The van der Waals surface area contributed by atoms with Gasteiger partial charge < -0.3 is 10.6 Å². The zero-order chi connectivity index (χ0) is 15.8. The van der Waals surface area contributed by atoms with E-state index < -0.39 is 0 Å². The number of carbonyl (C=O) groups is 1. The second-order valence-corrected chi connectivity index (χ2v) is 5.45. The zero-order valence-corrected chi connectivity index (χ0v) is 12.9. The summed E-state index contributed by atoms with van der Waals surface area (Å²) < 4.78 is 0. The standard InChI is InChI=1S/C16H21N5O/c1-12(2)5-7-18-16-20-10-14(11-21-16)15(22)19-9-13-4-3-6-17-8-13/h3-4,6,8,10-12H,5,7,9H2,1-2H3,(H,19,22)(H,18,20,21). The van der Waals surface area contributed by atoms with Crippen LogP contribution in [0.5, 0.6) is 0 Å². The molecule has 0 fully saturated rings. The fourth-order valence-electron chi connectivity index (χ4n) is 1.80. The van der Waals surface area contributed by atoms with Crippen LogP contribution in [0.15, 0.2) is 36.9 Å². The molecule has 6 heteroatoms. The molecule has 116 valence electrons. The fourth-order valence-corrected chi connectivity index (χ4v) is 1.80. The van der Waals surface area contributed by atoms with Crippen LogP contribution >= 0.6 is 0 Å². The van der Waals surface area contributed by atoms with Crippen LogP contribution < -0.4 is 10.6 Å². The molecule has 6 nitrogen and oxygen atoms in total. The Bertz CT molecular complexity index is 583. The number of anilines is 1. The molecule has 2 aromatic heterocycles. The molecule has 0 aliphatic rings. The SMILES string of the molecule is CC(C)CCNc1ncc(C(=O)NCc2cccnc2)cn1. The first-order valence-electron chi connectivity index (χ1n) is 7.38. The minimum atomic E-state index is -0.197. The van der Waals surface area contributed by atoms with E-state index in [1.165, 1.54) is 12.4 Å². The Morgan fingerprint density at radius 3 is 2.64 bits per heavy atom. The molecule has 0 aliphatic carbocycles. The predicted molar refractivity (Wildman–Crippen MR) is 85.4 cm³/mol. The molecular weight excluding hydrogens is 278 g/mol. The number of amides is 1. The van der Waals surface area contributed by atoms with Crippen molar-refractivity contribution in [2.45, 2.75) is 26.8 Å². The molecule has 2 heterocycles. The van der Waals surface area contributed by atoms with Gasteiger partial charge in [-0.1, -0.05) is 19.9 Å². The lowest BCUT2D eigenvalue weighted by atomic mass is 10.1. The van der Waals surface area contributed by atoms with E-state index in [0.717, 1.165) is 18.5 Å². The molecule has 0 aromatic carbocycles. The summed E-state index contributed by atoms with van der Waals surface area (Å²) in [4.78, 5) is 24.3. The van der Waals surface area contributed by atoms with Crippen LogP contribution in [0, 0.1) is 5.92 Å². The molecule has 0 aliphatic heterocycles. The van der Waals surface area contributed by atoms with Crippen LogP contribution in [0.3, 0.4) is 0 Å². The van der Waals surface area contributed by atoms with Gasteiger partial charge in [0.2, 0.25) is 5.95 Å². The van der Waals surface area contributed by atoms with E-state index in [4.69, 9.17) is 0 Å². The molecule has 22 heavy (non-hydrogen) atoms. The molecule has 2 aromatic rings. The smallest absolute Gasteiger partial charge is 0.254 e. The van der Waals surface area contributed by atoms with Crippen LogP contribution in [0.4, 0.5) is 5.95 Å². The van der Waals surface area contributed by atoms with Gasteiger partial charge in [-0.3, -0.25) is 9.78 Å². The normalized spacial score (nSPS) is 10.5. The summed E-state index contributed by atoms with van der Waals surface area (Å²) >= 11 is 0. The molecule has 0 unspecified atom stereocenters. The third-order valence-corrected chi connectivity index (χ3v) is 3.09. The maximum absolute atomic E-state index is 12.0. The Hall–Kier alpha value is -2.50. The highest BCUT2D eigenvalue weighted by atomic mass is 16.1. The number of hydrogen-bond donors (Lipinski definition) is 2. The Morgan fingerprint density at radius 1 is 1.23 bits per heavy atom. The Balaban J connectivity index is 1.83. The van der Waals surface area contributed by atoms with Crippen molar-refractivity contribution < 1.29 is 4.79 Å². The Kier molecular flexibility index (Phi) is 5.82.